The van der Waals surface area contributed by atoms with Gasteiger partial charge in [0.2, 0.25) is 5.62 Å². The maximum atomic E-state index is 10.6. The Bertz CT molecular complexity index is 1200. The Hall–Kier alpha value is -2.73. The topological polar surface area (TPSA) is 63.2 Å². The molecule has 2 N–H and O–H groups in total. The van der Waals surface area contributed by atoms with E-state index in [0.717, 1.165) is 16.6 Å². The van der Waals surface area contributed by atoms with Gasteiger partial charge in [-0.25, -0.2) is 0 Å². The lowest BCUT2D eigenvalue weighted by Crippen LogP contribution is -2.31. The summed E-state index contributed by atoms with van der Waals surface area (Å²) in [6.45, 7) is 3.07. The van der Waals surface area contributed by atoms with Gasteiger partial charge < -0.3 is 19.0 Å². The highest BCUT2D eigenvalue weighted by Gasteiger charge is 2.15. The number of para-hydroxylation sites is 2. The Morgan fingerprint density at radius 1 is 0.935 bits per heavy atom. The Balaban J connectivity index is 0.00000272. The van der Waals surface area contributed by atoms with E-state index in [1.807, 2.05) is 33.4 Å². The predicted octanol–water partition coefficient (Wildman–Crippen LogP) is 4.79. The van der Waals surface area contributed by atoms with Gasteiger partial charge in [-0.3, -0.25) is 5.41 Å². The van der Waals surface area contributed by atoms with E-state index in [4.69, 9.17) is 21.7 Å². The zero-order valence-electron chi connectivity index (χ0n) is 17.2. The second-order valence-corrected chi connectivity index (χ2v) is 7.85. The molecule has 0 fully saturated rings. The summed E-state index contributed by atoms with van der Waals surface area (Å²) in [5.74, 6) is 0.649. The van der Waals surface area contributed by atoms with Crippen LogP contribution in [0, 0.1) is 12.3 Å². The largest absolute Gasteiger partial charge is 0.491 e. The Labute approximate surface area is 192 Å². The minimum atomic E-state index is -0.756. The first-order valence-electron chi connectivity index (χ1n) is 9.86. The van der Waals surface area contributed by atoms with Crippen molar-refractivity contribution in [3.05, 3.63) is 94.6 Å². The van der Waals surface area contributed by atoms with Crippen molar-refractivity contribution in [1.82, 2.24) is 9.13 Å². The lowest BCUT2D eigenvalue weighted by atomic mass is 10.1. The number of hydrogen-bond donors (Lipinski definition) is 2. The molecule has 0 bridgehead atoms. The van der Waals surface area contributed by atoms with E-state index in [1.165, 1.54) is 5.56 Å². The first-order chi connectivity index (χ1) is 14.5. The number of aromatic nitrogens is 2. The number of nitrogens with one attached hydrogen (secondary N) is 1. The van der Waals surface area contributed by atoms with Crippen LogP contribution in [-0.2, 0) is 13.1 Å². The van der Waals surface area contributed by atoms with Gasteiger partial charge in [0, 0.05) is 5.02 Å². The Kier molecular flexibility index (Phi) is 7.44. The van der Waals surface area contributed by atoms with Gasteiger partial charge in [0.25, 0.3) is 0 Å². The van der Waals surface area contributed by atoms with Crippen LogP contribution in [0.25, 0.3) is 11.0 Å². The van der Waals surface area contributed by atoms with E-state index in [9.17, 15) is 5.11 Å². The van der Waals surface area contributed by atoms with Gasteiger partial charge in [-0.2, -0.15) is 0 Å². The molecule has 0 spiro atoms. The molecular weight excluding hydrogens is 433 g/mol. The van der Waals surface area contributed by atoms with Gasteiger partial charge >= 0.3 is 0 Å². The van der Waals surface area contributed by atoms with Crippen molar-refractivity contribution in [2.45, 2.75) is 26.1 Å². The number of nitrogens with zero attached hydrogens (tertiary/aromatic N) is 2. The van der Waals surface area contributed by atoms with Crippen LogP contribution in [0.2, 0.25) is 5.02 Å². The normalized spacial score (nSPS) is 11.8. The van der Waals surface area contributed by atoms with Gasteiger partial charge in [-0.15, -0.1) is 12.4 Å². The fraction of sp³-hybridized carbons (Fsp3) is 0.208. The molecule has 0 saturated heterocycles. The zero-order valence-corrected chi connectivity index (χ0v) is 18.7. The van der Waals surface area contributed by atoms with Crippen molar-refractivity contribution in [1.29, 1.82) is 5.41 Å². The van der Waals surface area contributed by atoms with Gasteiger partial charge in [-0.1, -0.05) is 53.6 Å². The highest BCUT2D eigenvalue weighted by molar-refractivity contribution is 6.30. The monoisotopic (exact) mass is 457 g/mol. The third-order valence-corrected chi connectivity index (χ3v) is 5.34. The lowest BCUT2D eigenvalue weighted by molar-refractivity contribution is 0.0921. The quantitative estimate of drug-likeness (QED) is 0.418. The van der Waals surface area contributed by atoms with Crippen LogP contribution in [0.15, 0.2) is 72.8 Å². The molecule has 0 amide bonds. The summed E-state index contributed by atoms with van der Waals surface area (Å²) in [5, 5.41) is 19.9. The van der Waals surface area contributed by atoms with Gasteiger partial charge in [0.05, 0.1) is 24.1 Å². The summed E-state index contributed by atoms with van der Waals surface area (Å²) in [6.07, 6.45) is -0.756. The number of rotatable bonds is 7. The standard InChI is InChI=1S/C24H24ClN3O2.ClH/c1-17-6-8-18(9-7-17)14-27-22-4-2-3-5-23(22)28(24(27)26)15-20(29)16-30-21-12-10-19(25)11-13-21;/h2-13,20,26,29H,14-16H2,1H3;1H. The molecule has 0 radical (unpaired) electrons. The fourth-order valence-electron chi connectivity index (χ4n) is 3.50. The first kappa shape index (κ1) is 22.9. The maximum absolute atomic E-state index is 10.6. The molecule has 1 aromatic heterocycles. The third kappa shape index (κ3) is 5.31. The number of ether oxygens (including phenoxy) is 1. The molecule has 0 saturated carbocycles. The summed E-state index contributed by atoms with van der Waals surface area (Å²) >= 11 is 5.89. The van der Waals surface area contributed by atoms with E-state index in [1.54, 1.807) is 24.3 Å². The molecular formula is C24H25Cl2N3O2. The first-order valence-corrected chi connectivity index (χ1v) is 10.2. The van der Waals surface area contributed by atoms with E-state index >= 15 is 0 Å². The van der Waals surface area contributed by atoms with E-state index in [0.29, 0.717) is 22.9 Å². The molecule has 3 aromatic carbocycles. The molecule has 7 heteroatoms. The Morgan fingerprint density at radius 2 is 1.55 bits per heavy atom. The average Bonchev–Trinajstić information content (AvgIpc) is 3.01. The minimum absolute atomic E-state index is 0. The van der Waals surface area contributed by atoms with Crippen molar-refractivity contribution in [2.24, 2.45) is 0 Å². The number of benzene rings is 3. The second kappa shape index (κ2) is 10.1. The smallest absolute Gasteiger partial charge is 0.203 e. The van der Waals surface area contributed by atoms with Crippen molar-refractivity contribution < 1.29 is 9.84 Å². The van der Waals surface area contributed by atoms with Crippen molar-refractivity contribution in [3.63, 3.8) is 0 Å². The molecule has 31 heavy (non-hydrogen) atoms. The maximum Gasteiger partial charge on any atom is 0.203 e. The number of fused-ring (bicyclic) bond motifs is 1. The Morgan fingerprint density at radius 3 is 2.19 bits per heavy atom. The predicted molar refractivity (Wildman–Crippen MR) is 126 cm³/mol. The highest BCUT2D eigenvalue weighted by Crippen LogP contribution is 2.17. The highest BCUT2D eigenvalue weighted by atomic mass is 35.5. The van der Waals surface area contributed by atoms with Crippen LogP contribution in [0.1, 0.15) is 11.1 Å². The van der Waals surface area contributed by atoms with Gasteiger partial charge in [-0.05, 0) is 48.9 Å². The SMILES string of the molecule is Cc1ccc(Cn2c(=N)n(CC(O)COc3ccc(Cl)cc3)c3ccccc32)cc1.Cl. The molecule has 4 rings (SSSR count). The van der Waals surface area contributed by atoms with E-state index < -0.39 is 6.10 Å². The summed E-state index contributed by atoms with van der Waals surface area (Å²) < 4.78 is 9.47. The minimum Gasteiger partial charge on any atom is -0.491 e. The van der Waals surface area contributed by atoms with Gasteiger partial charge in [0.15, 0.2) is 0 Å². The number of aliphatic hydroxyl groups excluding tert-OH is 1. The van der Waals surface area contributed by atoms with E-state index in [2.05, 4.69) is 31.2 Å². The number of halogens is 2. The van der Waals surface area contributed by atoms with Gasteiger partial charge in [0.1, 0.15) is 18.5 Å². The van der Waals surface area contributed by atoms with E-state index in [-0.39, 0.29) is 25.6 Å². The second-order valence-electron chi connectivity index (χ2n) is 7.41. The van der Waals surface area contributed by atoms with Crippen LogP contribution in [0.5, 0.6) is 5.75 Å². The molecule has 162 valence electrons. The van der Waals surface area contributed by atoms with Crippen LogP contribution in [-0.4, -0.2) is 27.0 Å². The summed E-state index contributed by atoms with van der Waals surface area (Å²) in [6, 6.07) is 23.3. The van der Waals surface area contributed by atoms with Crippen molar-refractivity contribution in [3.8, 4) is 5.75 Å². The van der Waals surface area contributed by atoms with Crippen molar-refractivity contribution >= 4 is 35.0 Å². The number of aliphatic hydroxyl groups is 1. The van der Waals surface area contributed by atoms with Crippen molar-refractivity contribution in [2.75, 3.05) is 6.61 Å². The molecule has 5 nitrogen and oxygen atoms in total. The number of aryl methyl sites for hydroxylation is 1. The van der Waals surface area contributed by atoms with Crippen LogP contribution >= 0.6 is 24.0 Å². The third-order valence-electron chi connectivity index (χ3n) is 5.09. The molecule has 0 aliphatic carbocycles. The molecule has 1 heterocycles. The van der Waals surface area contributed by atoms with Crippen LogP contribution < -0.4 is 10.4 Å². The average molecular weight is 458 g/mol. The summed E-state index contributed by atoms with van der Waals surface area (Å²) in [4.78, 5) is 0. The lowest BCUT2D eigenvalue weighted by Gasteiger charge is -2.14. The zero-order chi connectivity index (χ0) is 21.1. The summed E-state index contributed by atoms with van der Waals surface area (Å²) in [7, 11) is 0. The molecule has 1 atom stereocenters. The fourth-order valence-corrected chi connectivity index (χ4v) is 3.63. The molecule has 0 aliphatic rings. The van der Waals surface area contributed by atoms with Crippen LogP contribution in [0.3, 0.4) is 0 Å². The van der Waals surface area contributed by atoms with Crippen LogP contribution in [0.4, 0.5) is 0 Å². The number of hydrogen-bond acceptors (Lipinski definition) is 3. The number of imidazole rings is 1. The summed E-state index contributed by atoms with van der Waals surface area (Å²) in [5.41, 5.74) is 4.58. The molecule has 1 unspecified atom stereocenters. The molecule has 0 aliphatic heterocycles. The molecule has 4 aromatic rings.